The van der Waals surface area contributed by atoms with Crippen molar-refractivity contribution in [2.75, 3.05) is 26.3 Å². The largest absolute Gasteiger partial charge is 0.487 e. The molecule has 7 nitrogen and oxygen atoms in total. The Labute approximate surface area is 183 Å². The zero-order chi connectivity index (χ0) is 22.1. The predicted molar refractivity (Wildman–Crippen MR) is 117 cm³/mol. The second-order valence-corrected chi connectivity index (χ2v) is 10.6. The van der Waals surface area contributed by atoms with Crippen LogP contribution in [0, 0.1) is 0 Å². The van der Waals surface area contributed by atoms with Crippen LogP contribution in [0.4, 0.5) is 0 Å². The first kappa shape index (κ1) is 21.8. The van der Waals surface area contributed by atoms with Gasteiger partial charge in [-0.25, -0.2) is 8.42 Å². The predicted octanol–water partition coefficient (Wildman–Crippen LogP) is 2.88. The number of morpholine rings is 1. The molecule has 0 bridgehead atoms. The number of hydrogen-bond acceptors (Lipinski definition) is 5. The van der Waals surface area contributed by atoms with E-state index in [2.05, 4.69) is 5.32 Å². The normalized spacial score (nSPS) is 21.0. The lowest BCUT2D eigenvalue weighted by atomic mass is 9.89. The Morgan fingerprint density at radius 3 is 2.48 bits per heavy atom. The molecular formula is C23H28N2O5S. The fourth-order valence-corrected chi connectivity index (χ4v) is 5.55. The van der Waals surface area contributed by atoms with Crippen LogP contribution in [0.3, 0.4) is 0 Å². The van der Waals surface area contributed by atoms with Crippen LogP contribution < -0.4 is 10.1 Å². The fourth-order valence-electron chi connectivity index (χ4n) is 4.05. The van der Waals surface area contributed by atoms with E-state index >= 15 is 0 Å². The minimum absolute atomic E-state index is 0.0869. The Morgan fingerprint density at radius 1 is 1.10 bits per heavy atom. The molecular weight excluding hydrogens is 416 g/mol. The number of rotatable bonds is 5. The molecule has 2 aromatic rings. The molecule has 1 N–H and O–H groups in total. The summed E-state index contributed by atoms with van der Waals surface area (Å²) in [7, 11) is -3.40. The highest BCUT2D eigenvalue weighted by Gasteiger charge is 2.34. The van der Waals surface area contributed by atoms with Gasteiger partial charge in [0.25, 0.3) is 5.91 Å². The summed E-state index contributed by atoms with van der Waals surface area (Å²) in [5.74, 6) is 0.504. The quantitative estimate of drug-likeness (QED) is 0.767. The lowest BCUT2D eigenvalue weighted by Gasteiger charge is -2.37. The monoisotopic (exact) mass is 444 g/mol. The molecule has 1 unspecified atom stereocenters. The van der Waals surface area contributed by atoms with Crippen molar-refractivity contribution in [1.29, 1.82) is 0 Å². The van der Waals surface area contributed by atoms with Crippen LogP contribution in [0.2, 0.25) is 0 Å². The Balaban J connectivity index is 1.44. The first-order valence-corrected chi connectivity index (χ1v) is 12.1. The molecule has 0 spiro atoms. The Hall–Kier alpha value is -2.42. The van der Waals surface area contributed by atoms with Gasteiger partial charge in [0.05, 0.1) is 25.0 Å². The van der Waals surface area contributed by atoms with E-state index in [-0.39, 0.29) is 23.3 Å². The van der Waals surface area contributed by atoms with Gasteiger partial charge in [0, 0.05) is 30.6 Å². The van der Waals surface area contributed by atoms with Crippen molar-refractivity contribution in [3.8, 4) is 5.75 Å². The summed E-state index contributed by atoms with van der Waals surface area (Å²) >= 11 is 0. The standard InChI is InChI=1S/C23H28N2O5S/c1-23(2)15-20(19-5-3-4-6-21(19)30-23)24-22(26)18-9-7-17(8-10-18)16-31(27,28)25-11-13-29-14-12-25/h3-10,20H,11-16H2,1-2H3,(H,24,26). The van der Waals surface area contributed by atoms with Gasteiger partial charge < -0.3 is 14.8 Å². The van der Waals surface area contributed by atoms with E-state index in [1.165, 1.54) is 4.31 Å². The number of fused-ring (bicyclic) bond motifs is 1. The third-order valence-electron chi connectivity index (χ3n) is 5.61. The summed E-state index contributed by atoms with van der Waals surface area (Å²) in [5.41, 5.74) is 1.72. The zero-order valence-electron chi connectivity index (χ0n) is 17.8. The van der Waals surface area contributed by atoms with Gasteiger partial charge in [-0.05, 0) is 37.6 Å². The van der Waals surface area contributed by atoms with Crippen LogP contribution in [0.15, 0.2) is 48.5 Å². The summed E-state index contributed by atoms with van der Waals surface area (Å²) in [6, 6.07) is 14.3. The van der Waals surface area contributed by atoms with Gasteiger partial charge in [0.2, 0.25) is 10.0 Å². The molecule has 8 heteroatoms. The number of carbonyl (C=O) groups is 1. The molecule has 166 valence electrons. The van der Waals surface area contributed by atoms with Gasteiger partial charge in [-0.3, -0.25) is 4.79 Å². The van der Waals surface area contributed by atoms with Crippen molar-refractivity contribution in [3.05, 3.63) is 65.2 Å². The lowest BCUT2D eigenvalue weighted by Crippen LogP contribution is -2.41. The molecule has 2 aliphatic rings. The molecule has 31 heavy (non-hydrogen) atoms. The topological polar surface area (TPSA) is 84.9 Å². The van der Waals surface area contributed by atoms with Crippen LogP contribution in [0.25, 0.3) is 0 Å². The average Bonchev–Trinajstić information content (AvgIpc) is 2.74. The van der Waals surface area contributed by atoms with Crippen LogP contribution >= 0.6 is 0 Å². The van der Waals surface area contributed by atoms with Crippen LogP contribution in [0.5, 0.6) is 5.75 Å². The highest BCUT2D eigenvalue weighted by Crippen LogP contribution is 2.39. The highest BCUT2D eigenvalue weighted by atomic mass is 32.2. The van der Waals surface area contributed by atoms with Crippen molar-refractivity contribution in [1.82, 2.24) is 9.62 Å². The smallest absolute Gasteiger partial charge is 0.251 e. The van der Waals surface area contributed by atoms with Crippen LogP contribution in [-0.2, 0) is 20.5 Å². The number of amides is 1. The van der Waals surface area contributed by atoms with Crippen molar-refractivity contribution < 1.29 is 22.7 Å². The number of nitrogens with zero attached hydrogens (tertiary/aromatic N) is 1. The van der Waals surface area contributed by atoms with Gasteiger partial charge in [-0.1, -0.05) is 30.3 Å². The Kier molecular flexibility index (Phi) is 6.05. The van der Waals surface area contributed by atoms with Gasteiger partial charge in [0.1, 0.15) is 11.4 Å². The first-order chi connectivity index (χ1) is 14.7. The maximum Gasteiger partial charge on any atom is 0.251 e. The van der Waals surface area contributed by atoms with E-state index in [1.54, 1.807) is 24.3 Å². The van der Waals surface area contributed by atoms with Crippen molar-refractivity contribution in [2.45, 2.75) is 37.7 Å². The number of benzene rings is 2. The van der Waals surface area contributed by atoms with Crippen molar-refractivity contribution >= 4 is 15.9 Å². The van der Waals surface area contributed by atoms with E-state index in [4.69, 9.17) is 9.47 Å². The minimum Gasteiger partial charge on any atom is -0.487 e. The fraction of sp³-hybridized carbons (Fsp3) is 0.435. The number of hydrogen-bond donors (Lipinski definition) is 1. The number of sulfonamides is 1. The minimum atomic E-state index is -3.40. The summed E-state index contributed by atoms with van der Waals surface area (Å²) in [4.78, 5) is 12.9. The lowest BCUT2D eigenvalue weighted by molar-refractivity contribution is 0.0619. The van der Waals surface area contributed by atoms with E-state index in [9.17, 15) is 13.2 Å². The summed E-state index contributed by atoms with van der Waals surface area (Å²) in [5, 5.41) is 3.11. The molecule has 0 aliphatic carbocycles. The first-order valence-electron chi connectivity index (χ1n) is 10.5. The third kappa shape index (κ3) is 5.08. The molecule has 1 atom stereocenters. The van der Waals surface area contributed by atoms with Crippen LogP contribution in [-0.4, -0.2) is 50.5 Å². The average molecular weight is 445 g/mol. The van der Waals surface area contributed by atoms with E-state index in [1.807, 2.05) is 38.1 Å². The highest BCUT2D eigenvalue weighted by molar-refractivity contribution is 7.88. The van der Waals surface area contributed by atoms with Gasteiger partial charge in [-0.2, -0.15) is 4.31 Å². The molecule has 0 saturated carbocycles. The number of ether oxygens (including phenoxy) is 2. The summed E-state index contributed by atoms with van der Waals surface area (Å²) < 4.78 is 37.9. The molecule has 0 radical (unpaired) electrons. The third-order valence-corrected chi connectivity index (χ3v) is 7.46. The molecule has 0 aromatic heterocycles. The molecule has 2 heterocycles. The summed E-state index contributed by atoms with van der Waals surface area (Å²) in [6.07, 6.45) is 0.658. The molecule has 2 aromatic carbocycles. The number of nitrogens with one attached hydrogen (secondary N) is 1. The van der Waals surface area contributed by atoms with Gasteiger partial charge in [-0.15, -0.1) is 0 Å². The molecule has 1 saturated heterocycles. The zero-order valence-corrected chi connectivity index (χ0v) is 18.7. The second-order valence-electron chi connectivity index (χ2n) is 8.59. The van der Waals surface area contributed by atoms with Crippen molar-refractivity contribution in [3.63, 3.8) is 0 Å². The molecule has 2 aliphatic heterocycles. The number of para-hydroxylation sites is 1. The van der Waals surface area contributed by atoms with E-state index in [0.29, 0.717) is 43.9 Å². The number of carbonyl (C=O) groups excluding carboxylic acids is 1. The van der Waals surface area contributed by atoms with Gasteiger partial charge in [0.15, 0.2) is 0 Å². The second kappa shape index (κ2) is 8.61. The van der Waals surface area contributed by atoms with E-state index < -0.39 is 10.0 Å². The van der Waals surface area contributed by atoms with Crippen molar-refractivity contribution in [2.24, 2.45) is 0 Å². The van der Waals surface area contributed by atoms with Crippen LogP contribution in [0.1, 0.15) is 47.8 Å². The molecule has 4 rings (SSSR count). The Morgan fingerprint density at radius 2 is 1.77 bits per heavy atom. The molecule has 1 amide bonds. The maximum absolute atomic E-state index is 12.9. The van der Waals surface area contributed by atoms with E-state index in [0.717, 1.165) is 11.3 Å². The SMILES string of the molecule is CC1(C)CC(NC(=O)c2ccc(CS(=O)(=O)N3CCOCC3)cc2)c2ccccc2O1. The summed E-state index contributed by atoms with van der Waals surface area (Å²) in [6.45, 7) is 5.62. The Bertz CT molecular complexity index is 1040. The maximum atomic E-state index is 12.9. The molecule has 1 fully saturated rings. The van der Waals surface area contributed by atoms with Gasteiger partial charge >= 0.3 is 0 Å².